The summed E-state index contributed by atoms with van der Waals surface area (Å²) in [6.45, 7) is 0.576. The fourth-order valence-corrected chi connectivity index (χ4v) is 2.72. The summed E-state index contributed by atoms with van der Waals surface area (Å²) < 4.78 is 56.3. The highest BCUT2D eigenvalue weighted by molar-refractivity contribution is 5.69. The van der Waals surface area contributed by atoms with Crippen LogP contribution in [0.2, 0.25) is 0 Å². The summed E-state index contributed by atoms with van der Waals surface area (Å²) in [4.78, 5) is 11.3. The van der Waals surface area contributed by atoms with E-state index in [4.69, 9.17) is 0 Å². The zero-order valence-electron chi connectivity index (χ0n) is 12.0. The van der Waals surface area contributed by atoms with E-state index in [-0.39, 0.29) is 23.9 Å². The predicted molar refractivity (Wildman–Crippen MR) is 71.5 cm³/mol. The third-order valence-electron chi connectivity index (χ3n) is 3.90. The average Bonchev–Trinajstić information content (AvgIpc) is 2.46. The number of hydrogen-bond donors (Lipinski definition) is 1. The number of rotatable bonds is 3. The van der Waals surface area contributed by atoms with Crippen molar-refractivity contribution in [2.24, 2.45) is 5.92 Å². The molecule has 0 radical (unpaired) electrons. The van der Waals surface area contributed by atoms with Crippen LogP contribution >= 0.6 is 0 Å². The molecule has 0 spiro atoms. The van der Waals surface area contributed by atoms with Crippen LogP contribution in [0, 0.1) is 11.7 Å². The maximum atomic E-state index is 14.0. The lowest BCUT2D eigenvalue weighted by atomic mass is 9.86. The van der Waals surface area contributed by atoms with Crippen molar-refractivity contribution in [3.8, 4) is 0 Å². The lowest BCUT2D eigenvalue weighted by molar-refractivity contribution is -0.142. The fourth-order valence-electron chi connectivity index (χ4n) is 2.72. The Hall–Kier alpha value is -1.63. The number of benzene rings is 1. The van der Waals surface area contributed by atoms with E-state index in [1.54, 1.807) is 0 Å². The lowest BCUT2D eigenvalue weighted by Gasteiger charge is -2.30. The van der Waals surface area contributed by atoms with Gasteiger partial charge in [0.05, 0.1) is 12.7 Å². The SMILES string of the molecule is COC(=O)C[C@@H]1CCN[C@H](c2ccc(C(F)(F)F)cc2F)C1. The van der Waals surface area contributed by atoms with E-state index in [1.807, 2.05) is 0 Å². The van der Waals surface area contributed by atoms with E-state index >= 15 is 0 Å². The summed E-state index contributed by atoms with van der Waals surface area (Å²) in [6, 6.07) is 2.16. The maximum absolute atomic E-state index is 14.0. The number of nitrogens with one attached hydrogen (secondary N) is 1. The Balaban J connectivity index is 2.12. The molecular weight excluding hydrogens is 302 g/mol. The third-order valence-corrected chi connectivity index (χ3v) is 3.90. The van der Waals surface area contributed by atoms with Gasteiger partial charge >= 0.3 is 12.1 Å². The molecule has 0 unspecified atom stereocenters. The number of carbonyl (C=O) groups is 1. The molecule has 0 amide bonds. The Bertz CT molecular complexity index is 545. The van der Waals surface area contributed by atoms with Crippen LogP contribution in [0.15, 0.2) is 18.2 Å². The molecule has 22 heavy (non-hydrogen) atoms. The first-order valence-corrected chi connectivity index (χ1v) is 6.98. The van der Waals surface area contributed by atoms with Crippen LogP contribution in [0.3, 0.4) is 0 Å². The van der Waals surface area contributed by atoms with Gasteiger partial charge in [-0.3, -0.25) is 4.79 Å². The van der Waals surface area contributed by atoms with Crippen molar-refractivity contribution in [3.63, 3.8) is 0 Å². The number of alkyl halides is 3. The second-order valence-electron chi connectivity index (χ2n) is 5.41. The summed E-state index contributed by atoms with van der Waals surface area (Å²) in [5.41, 5.74) is -0.807. The van der Waals surface area contributed by atoms with Crippen LogP contribution < -0.4 is 5.32 Å². The number of ether oxygens (including phenoxy) is 1. The van der Waals surface area contributed by atoms with Crippen LogP contribution in [-0.4, -0.2) is 19.6 Å². The van der Waals surface area contributed by atoms with Crippen molar-refractivity contribution in [2.75, 3.05) is 13.7 Å². The Morgan fingerprint density at radius 3 is 2.73 bits per heavy atom. The quantitative estimate of drug-likeness (QED) is 0.685. The normalized spacial score (nSPS) is 22.4. The van der Waals surface area contributed by atoms with Crippen LogP contribution in [0.25, 0.3) is 0 Å². The number of hydrogen-bond acceptors (Lipinski definition) is 3. The molecule has 1 aromatic rings. The first-order chi connectivity index (χ1) is 10.3. The second kappa shape index (κ2) is 6.64. The van der Waals surface area contributed by atoms with Crippen molar-refractivity contribution >= 4 is 5.97 Å². The van der Waals surface area contributed by atoms with Gasteiger partial charge in [0.15, 0.2) is 0 Å². The number of carbonyl (C=O) groups excluding carboxylic acids is 1. The minimum absolute atomic E-state index is 0.0281. The van der Waals surface area contributed by atoms with Gasteiger partial charge in [-0.25, -0.2) is 4.39 Å². The molecule has 122 valence electrons. The van der Waals surface area contributed by atoms with Crippen LogP contribution in [0.5, 0.6) is 0 Å². The van der Waals surface area contributed by atoms with E-state index in [0.29, 0.717) is 19.0 Å². The third kappa shape index (κ3) is 3.97. The molecule has 1 heterocycles. The highest BCUT2D eigenvalue weighted by atomic mass is 19.4. The molecule has 2 rings (SSSR count). The van der Waals surface area contributed by atoms with Crippen molar-refractivity contribution in [1.82, 2.24) is 5.32 Å². The van der Waals surface area contributed by atoms with E-state index in [9.17, 15) is 22.4 Å². The Labute approximate surface area is 125 Å². The molecule has 1 aliphatic heterocycles. The van der Waals surface area contributed by atoms with Crippen molar-refractivity contribution in [2.45, 2.75) is 31.5 Å². The summed E-state index contributed by atoms with van der Waals surface area (Å²) >= 11 is 0. The largest absolute Gasteiger partial charge is 0.469 e. The Kier molecular flexibility index (Phi) is 5.05. The molecule has 1 fully saturated rings. The van der Waals surface area contributed by atoms with Crippen LogP contribution in [0.4, 0.5) is 17.6 Å². The second-order valence-corrected chi connectivity index (χ2v) is 5.41. The van der Waals surface area contributed by atoms with E-state index in [0.717, 1.165) is 18.6 Å². The van der Waals surface area contributed by atoms with E-state index in [2.05, 4.69) is 10.1 Å². The molecule has 7 heteroatoms. The van der Waals surface area contributed by atoms with Gasteiger partial charge in [0, 0.05) is 18.0 Å². The van der Waals surface area contributed by atoms with Crippen molar-refractivity contribution in [1.29, 1.82) is 0 Å². The fraction of sp³-hybridized carbons (Fsp3) is 0.533. The summed E-state index contributed by atoms with van der Waals surface area (Å²) in [5, 5.41) is 3.08. The molecule has 0 aromatic heterocycles. The summed E-state index contributed by atoms with van der Waals surface area (Å²) in [5.74, 6) is -1.19. The highest BCUT2D eigenvalue weighted by Gasteiger charge is 2.32. The Morgan fingerprint density at radius 1 is 1.41 bits per heavy atom. The standard InChI is InChI=1S/C15H17F4NO2/c1-22-14(21)7-9-4-5-20-13(6-9)11-3-2-10(8-12(11)16)15(17,18)19/h2-3,8-9,13,20H,4-7H2,1H3/t9-,13+/m1/s1. The number of esters is 1. The molecule has 1 aromatic carbocycles. The highest BCUT2D eigenvalue weighted by Crippen LogP contribution is 2.34. The van der Waals surface area contributed by atoms with Crippen molar-refractivity contribution in [3.05, 3.63) is 35.1 Å². The van der Waals surface area contributed by atoms with Gasteiger partial charge in [0.1, 0.15) is 5.82 Å². The van der Waals surface area contributed by atoms with Gasteiger partial charge in [0.25, 0.3) is 0 Å². The Morgan fingerprint density at radius 2 is 2.14 bits per heavy atom. The first-order valence-electron chi connectivity index (χ1n) is 6.98. The minimum Gasteiger partial charge on any atom is -0.469 e. The van der Waals surface area contributed by atoms with Crippen LogP contribution in [0.1, 0.15) is 36.4 Å². The number of methoxy groups -OCH3 is 1. The molecule has 3 nitrogen and oxygen atoms in total. The van der Waals surface area contributed by atoms with Gasteiger partial charge in [0.2, 0.25) is 0 Å². The van der Waals surface area contributed by atoms with Gasteiger partial charge in [-0.2, -0.15) is 13.2 Å². The maximum Gasteiger partial charge on any atom is 0.416 e. The number of halogens is 4. The van der Waals surface area contributed by atoms with Gasteiger partial charge in [-0.1, -0.05) is 6.07 Å². The molecule has 0 saturated carbocycles. The van der Waals surface area contributed by atoms with E-state index in [1.165, 1.54) is 7.11 Å². The zero-order chi connectivity index (χ0) is 16.3. The van der Waals surface area contributed by atoms with Crippen molar-refractivity contribution < 1.29 is 27.1 Å². The monoisotopic (exact) mass is 319 g/mol. The molecule has 1 saturated heterocycles. The minimum atomic E-state index is -4.56. The summed E-state index contributed by atoms with van der Waals surface area (Å²) in [6.07, 6.45) is -3.10. The first kappa shape index (κ1) is 16.7. The zero-order valence-corrected chi connectivity index (χ0v) is 12.0. The summed E-state index contributed by atoms with van der Waals surface area (Å²) in [7, 11) is 1.30. The lowest BCUT2D eigenvalue weighted by Crippen LogP contribution is -2.33. The van der Waals surface area contributed by atoms with Crippen LogP contribution in [-0.2, 0) is 15.7 Å². The smallest absolute Gasteiger partial charge is 0.416 e. The number of piperidine rings is 1. The molecular formula is C15H17F4NO2. The molecule has 0 aliphatic carbocycles. The molecule has 2 atom stereocenters. The molecule has 1 N–H and O–H groups in total. The predicted octanol–water partition coefficient (Wildman–Crippen LogP) is 3.45. The van der Waals surface area contributed by atoms with Gasteiger partial charge in [-0.05, 0) is 37.4 Å². The van der Waals surface area contributed by atoms with Gasteiger partial charge in [-0.15, -0.1) is 0 Å². The van der Waals surface area contributed by atoms with E-state index < -0.39 is 23.6 Å². The molecule has 1 aliphatic rings. The topological polar surface area (TPSA) is 38.3 Å². The molecule has 0 bridgehead atoms. The van der Waals surface area contributed by atoms with Gasteiger partial charge < -0.3 is 10.1 Å². The average molecular weight is 319 g/mol.